The number of hydrogen-bond acceptors (Lipinski definition) is 5. The van der Waals surface area contributed by atoms with Crippen LogP contribution in [0, 0.1) is 11.3 Å². The van der Waals surface area contributed by atoms with Crippen molar-refractivity contribution in [3.8, 4) is 17.3 Å². The average Bonchev–Trinajstić information content (AvgIpc) is 3.06. The predicted octanol–water partition coefficient (Wildman–Crippen LogP) is 2.43. The van der Waals surface area contributed by atoms with Gasteiger partial charge in [0.2, 0.25) is 0 Å². The lowest BCUT2D eigenvalue weighted by molar-refractivity contribution is 0.478. The van der Waals surface area contributed by atoms with Crippen molar-refractivity contribution >= 4 is 11.3 Å². The zero-order chi connectivity index (χ0) is 16.4. The van der Waals surface area contributed by atoms with Gasteiger partial charge in [-0.3, -0.25) is 0 Å². The first kappa shape index (κ1) is 14.7. The number of aromatic nitrogens is 3. The Labute approximate surface area is 140 Å². The molecule has 1 fully saturated rings. The Hall–Kier alpha value is -2.91. The minimum absolute atomic E-state index is 0.461. The molecule has 0 atom stereocenters. The predicted molar refractivity (Wildman–Crippen MR) is 92.7 cm³/mol. The van der Waals surface area contributed by atoms with Crippen LogP contribution in [0.4, 0.5) is 5.82 Å². The number of pyridine rings is 2. The summed E-state index contributed by atoms with van der Waals surface area (Å²) in [5.74, 6) is 0.884. The topological polar surface area (TPSA) is 78.0 Å². The second kappa shape index (κ2) is 6.30. The fraction of sp³-hybridized carbons (Fsp3) is 0.278. The molecule has 6 nitrogen and oxygen atoms in total. The molecule has 4 rings (SSSR count). The zero-order valence-electron chi connectivity index (χ0n) is 13.2. The van der Waals surface area contributed by atoms with Gasteiger partial charge >= 0.3 is 0 Å². The Balaban J connectivity index is 1.67. The lowest BCUT2D eigenvalue weighted by Crippen LogP contribution is -2.35. The molecular weight excluding hydrogens is 300 g/mol. The van der Waals surface area contributed by atoms with Gasteiger partial charge in [-0.2, -0.15) is 10.4 Å². The summed E-state index contributed by atoms with van der Waals surface area (Å²) < 4.78 is 1.77. The van der Waals surface area contributed by atoms with E-state index < -0.39 is 0 Å². The second-order valence-corrected chi connectivity index (χ2v) is 5.99. The molecule has 3 aromatic rings. The number of nitrogens with one attached hydrogen (secondary N) is 2. The largest absolute Gasteiger partial charge is 0.367 e. The van der Waals surface area contributed by atoms with E-state index in [0.29, 0.717) is 11.6 Å². The van der Waals surface area contributed by atoms with Crippen LogP contribution in [-0.4, -0.2) is 33.7 Å². The monoisotopic (exact) mass is 318 g/mol. The highest BCUT2D eigenvalue weighted by Crippen LogP contribution is 2.25. The molecule has 1 aliphatic heterocycles. The summed E-state index contributed by atoms with van der Waals surface area (Å²) in [5, 5.41) is 20.4. The molecule has 1 saturated heterocycles. The molecule has 4 heterocycles. The van der Waals surface area contributed by atoms with Gasteiger partial charge in [0, 0.05) is 17.8 Å². The fourth-order valence-corrected chi connectivity index (χ4v) is 3.09. The van der Waals surface area contributed by atoms with Crippen LogP contribution in [0.5, 0.6) is 0 Å². The van der Waals surface area contributed by atoms with Crippen molar-refractivity contribution in [2.75, 3.05) is 18.4 Å². The highest BCUT2D eigenvalue weighted by atomic mass is 15.2. The van der Waals surface area contributed by atoms with E-state index in [1.165, 1.54) is 0 Å². The van der Waals surface area contributed by atoms with Gasteiger partial charge in [0.1, 0.15) is 5.82 Å². The van der Waals surface area contributed by atoms with E-state index in [9.17, 15) is 0 Å². The fourth-order valence-electron chi connectivity index (χ4n) is 3.09. The van der Waals surface area contributed by atoms with Crippen molar-refractivity contribution in [2.24, 2.45) is 0 Å². The summed E-state index contributed by atoms with van der Waals surface area (Å²) in [7, 11) is 0. The number of piperidine rings is 1. The standard InChI is InChI=1S/C18H18N6/c19-11-13-6-9-24-17(10-13)15(12-21-24)16-2-1-3-18(23-16)22-14-4-7-20-8-5-14/h1-3,6,9-10,12,14,20H,4-5,7-8H2,(H,22,23). The molecule has 2 N–H and O–H groups in total. The lowest BCUT2D eigenvalue weighted by Gasteiger charge is -2.24. The second-order valence-electron chi connectivity index (χ2n) is 5.99. The molecule has 0 spiro atoms. The molecule has 0 aliphatic carbocycles. The molecular formula is C18H18N6. The number of hydrogen-bond donors (Lipinski definition) is 2. The van der Waals surface area contributed by atoms with Crippen LogP contribution in [-0.2, 0) is 0 Å². The van der Waals surface area contributed by atoms with E-state index in [2.05, 4.69) is 21.8 Å². The highest BCUT2D eigenvalue weighted by Gasteiger charge is 2.14. The molecule has 0 aromatic carbocycles. The van der Waals surface area contributed by atoms with Crippen LogP contribution in [0.25, 0.3) is 16.8 Å². The third-order valence-corrected chi connectivity index (χ3v) is 4.37. The van der Waals surface area contributed by atoms with Crippen molar-refractivity contribution < 1.29 is 0 Å². The van der Waals surface area contributed by atoms with Crippen LogP contribution in [0.3, 0.4) is 0 Å². The van der Waals surface area contributed by atoms with Crippen LogP contribution in [0.2, 0.25) is 0 Å². The van der Waals surface area contributed by atoms with E-state index in [-0.39, 0.29) is 0 Å². The Morgan fingerprint density at radius 3 is 2.96 bits per heavy atom. The Bertz CT molecular complexity index is 901. The summed E-state index contributed by atoms with van der Waals surface area (Å²) in [4.78, 5) is 4.75. The molecule has 120 valence electrons. The maximum atomic E-state index is 9.11. The minimum atomic E-state index is 0.461. The number of rotatable bonds is 3. The maximum Gasteiger partial charge on any atom is 0.126 e. The number of anilines is 1. The van der Waals surface area contributed by atoms with Gasteiger partial charge in [0.15, 0.2) is 0 Å². The molecule has 6 heteroatoms. The van der Waals surface area contributed by atoms with Gasteiger partial charge in [-0.25, -0.2) is 9.50 Å². The van der Waals surface area contributed by atoms with E-state index >= 15 is 0 Å². The Morgan fingerprint density at radius 1 is 1.25 bits per heavy atom. The van der Waals surface area contributed by atoms with Gasteiger partial charge < -0.3 is 10.6 Å². The van der Waals surface area contributed by atoms with Gasteiger partial charge in [-0.1, -0.05) is 6.07 Å². The maximum absolute atomic E-state index is 9.11. The molecule has 0 radical (unpaired) electrons. The van der Waals surface area contributed by atoms with Gasteiger partial charge in [-0.05, 0) is 50.2 Å². The Kier molecular flexibility index (Phi) is 3.85. The Morgan fingerprint density at radius 2 is 2.12 bits per heavy atom. The van der Waals surface area contributed by atoms with E-state index in [0.717, 1.165) is 48.5 Å². The first-order valence-electron chi connectivity index (χ1n) is 8.16. The summed E-state index contributed by atoms with van der Waals surface area (Å²) in [6, 6.07) is 12.2. The molecule has 0 bridgehead atoms. The molecule has 0 saturated carbocycles. The number of nitrogens with zero attached hydrogens (tertiary/aromatic N) is 4. The minimum Gasteiger partial charge on any atom is -0.367 e. The van der Waals surface area contributed by atoms with E-state index in [4.69, 9.17) is 10.2 Å². The molecule has 24 heavy (non-hydrogen) atoms. The SMILES string of the molecule is N#Cc1ccn2ncc(-c3cccc(NC4CCNCC4)n3)c2c1. The van der Waals surface area contributed by atoms with Gasteiger partial charge in [0.25, 0.3) is 0 Å². The van der Waals surface area contributed by atoms with Crippen molar-refractivity contribution in [1.29, 1.82) is 5.26 Å². The zero-order valence-corrected chi connectivity index (χ0v) is 13.2. The van der Waals surface area contributed by atoms with E-state index in [1.807, 2.05) is 24.3 Å². The average molecular weight is 318 g/mol. The first-order valence-corrected chi connectivity index (χ1v) is 8.16. The third kappa shape index (κ3) is 2.82. The van der Waals surface area contributed by atoms with Crippen LogP contribution in [0.15, 0.2) is 42.7 Å². The van der Waals surface area contributed by atoms with E-state index in [1.54, 1.807) is 23.0 Å². The van der Waals surface area contributed by atoms with Crippen LogP contribution < -0.4 is 10.6 Å². The van der Waals surface area contributed by atoms with Gasteiger partial charge in [-0.15, -0.1) is 0 Å². The summed E-state index contributed by atoms with van der Waals surface area (Å²) in [6.07, 6.45) is 5.81. The number of fused-ring (bicyclic) bond motifs is 1. The third-order valence-electron chi connectivity index (χ3n) is 4.37. The molecule has 1 aliphatic rings. The molecule has 0 amide bonds. The molecule has 0 unspecified atom stereocenters. The summed E-state index contributed by atoms with van der Waals surface area (Å²) >= 11 is 0. The lowest BCUT2D eigenvalue weighted by atomic mass is 10.1. The van der Waals surface area contributed by atoms with Crippen LogP contribution in [0.1, 0.15) is 18.4 Å². The number of nitriles is 1. The molecule has 3 aromatic heterocycles. The van der Waals surface area contributed by atoms with Crippen molar-refractivity contribution in [1.82, 2.24) is 19.9 Å². The highest BCUT2D eigenvalue weighted by molar-refractivity contribution is 5.79. The quantitative estimate of drug-likeness (QED) is 0.775. The smallest absolute Gasteiger partial charge is 0.126 e. The van der Waals surface area contributed by atoms with Crippen molar-refractivity contribution in [3.05, 3.63) is 48.3 Å². The van der Waals surface area contributed by atoms with Crippen molar-refractivity contribution in [2.45, 2.75) is 18.9 Å². The van der Waals surface area contributed by atoms with Crippen molar-refractivity contribution in [3.63, 3.8) is 0 Å². The summed E-state index contributed by atoms with van der Waals surface area (Å²) in [6.45, 7) is 2.09. The summed E-state index contributed by atoms with van der Waals surface area (Å²) in [5.41, 5.74) is 3.30. The first-order chi connectivity index (χ1) is 11.8. The normalized spacial score (nSPS) is 15.3. The van der Waals surface area contributed by atoms with Crippen LogP contribution >= 0.6 is 0 Å². The van der Waals surface area contributed by atoms with Gasteiger partial charge in [0.05, 0.1) is 29.0 Å².